The molecule has 8 heteroatoms. The fraction of sp³-hybridized carbons (Fsp3) is 0.500. The van der Waals surface area contributed by atoms with E-state index < -0.39 is 9.84 Å². The van der Waals surface area contributed by atoms with Crippen molar-refractivity contribution in [2.45, 2.75) is 50.5 Å². The summed E-state index contributed by atoms with van der Waals surface area (Å²) in [6, 6.07) is 9.58. The van der Waals surface area contributed by atoms with Crippen LogP contribution in [0.1, 0.15) is 44.5 Å². The van der Waals surface area contributed by atoms with E-state index in [1.165, 1.54) is 11.8 Å². The highest BCUT2D eigenvalue weighted by Gasteiger charge is 2.32. The van der Waals surface area contributed by atoms with Crippen LogP contribution in [0.4, 0.5) is 5.82 Å². The van der Waals surface area contributed by atoms with Crippen molar-refractivity contribution < 1.29 is 13.2 Å². The van der Waals surface area contributed by atoms with Gasteiger partial charge in [-0.3, -0.25) is 4.79 Å². The van der Waals surface area contributed by atoms with Crippen molar-refractivity contribution in [3.8, 4) is 0 Å². The molecule has 1 amide bonds. The normalized spacial score (nSPS) is 18.9. The SMILES string of the molecule is Cc1ccccc1SCC(=O)Nc1cc(C(C)(C)C)nn1C1CCS(=O)(=O)C1. The highest BCUT2D eigenvalue weighted by molar-refractivity contribution is 8.00. The van der Waals surface area contributed by atoms with Crippen LogP contribution in [0.3, 0.4) is 0 Å². The van der Waals surface area contributed by atoms with E-state index in [2.05, 4.69) is 10.4 Å². The lowest BCUT2D eigenvalue weighted by Crippen LogP contribution is -2.21. The molecule has 1 N–H and O–H groups in total. The van der Waals surface area contributed by atoms with Crippen LogP contribution >= 0.6 is 11.8 Å². The molecule has 1 fully saturated rings. The van der Waals surface area contributed by atoms with Crippen LogP contribution in [-0.2, 0) is 20.0 Å². The number of anilines is 1. The van der Waals surface area contributed by atoms with Gasteiger partial charge in [0.05, 0.1) is 29.0 Å². The summed E-state index contributed by atoms with van der Waals surface area (Å²) in [6.45, 7) is 8.16. The first kappa shape index (κ1) is 20.9. The lowest BCUT2D eigenvalue weighted by Gasteiger charge is -2.15. The molecule has 1 unspecified atom stereocenters. The number of aryl methyl sites for hydroxylation is 1. The highest BCUT2D eigenvalue weighted by Crippen LogP contribution is 2.31. The Morgan fingerprint density at radius 3 is 2.64 bits per heavy atom. The summed E-state index contributed by atoms with van der Waals surface area (Å²) >= 11 is 1.49. The minimum Gasteiger partial charge on any atom is -0.310 e. The number of benzene rings is 1. The number of nitrogens with zero attached hydrogens (tertiary/aromatic N) is 2. The van der Waals surface area contributed by atoms with Crippen molar-refractivity contribution in [1.29, 1.82) is 0 Å². The molecule has 0 saturated carbocycles. The van der Waals surface area contributed by atoms with Crippen LogP contribution in [0.5, 0.6) is 0 Å². The Bertz CT molecular complexity index is 975. The first-order chi connectivity index (χ1) is 13.0. The van der Waals surface area contributed by atoms with Gasteiger partial charge in [-0.15, -0.1) is 11.8 Å². The zero-order valence-electron chi connectivity index (χ0n) is 16.7. The topological polar surface area (TPSA) is 81.1 Å². The molecule has 0 radical (unpaired) electrons. The van der Waals surface area contributed by atoms with Gasteiger partial charge in [0.1, 0.15) is 5.82 Å². The predicted molar refractivity (Wildman–Crippen MR) is 114 cm³/mol. The molecule has 1 saturated heterocycles. The minimum atomic E-state index is -3.04. The Morgan fingerprint density at radius 2 is 2.04 bits per heavy atom. The molecule has 6 nitrogen and oxygen atoms in total. The molecule has 28 heavy (non-hydrogen) atoms. The third kappa shape index (κ3) is 4.97. The Balaban J connectivity index is 1.77. The second-order valence-electron chi connectivity index (χ2n) is 8.27. The molecule has 2 heterocycles. The third-order valence-electron chi connectivity index (χ3n) is 4.78. The van der Waals surface area contributed by atoms with Gasteiger partial charge in [-0.25, -0.2) is 13.1 Å². The van der Waals surface area contributed by atoms with Gasteiger partial charge in [-0.2, -0.15) is 5.10 Å². The van der Waals surface area contributed by atoms with Gasteiger partial charge in [0.2, 0.25) is 5.91 Å². The third-order valence-corrected chi connectivity index (χ3v) is 7.70. The zero-order chi connectivity index (χ0) is 20.5. The molecule has 0 aliphatic carbocycles. The first-order valence-electron chi connectivity index (χ1n) is 9.34. The van der Waals surface area contributed by atoms with Crippen LogP contribution in [-0.4, -0.2) is 41.4 Å². The maximum Gasteiger partial charge on any atom is 0.235 e. The standard InChI is InChI=1S/C20H27N3O3S2/c1-14-7-5-6-8-16(14)27-12-19(24)21-18-11-17(20(2,3)4)22-23(18)15-9-10-28(25,26)13-15/h5-8,11,15H,9-10,12-13H2,1-4H3,(H,21,24). The molecule has 1 aliphatic heterocycles. The van der Waals surface area contributed by atoms with Crippen molar-refractivity contribution in [2.75, 3.05) is 22.6 Å². The number of hydrogen-bond acceptors (Lipinski definition) is 5. The molecule has 152 valence electrons. The summed E-state index contributed by atoms with van der Waals surface area (Å²) in [5, 5.41) is 7.59. The fourth-order valence-corrected chi connectivity index (χ4v) is 5.66. The van der Waals surface area contributed by atoms with Crippen LogP contribution in [0, 0.1) is 6.92 Å². The molecular weight excluding hydrogens is 394 g/mol. The van der Waals surface area contributed by atoms with Crippen molar-refractivity contribution >= 4 is 33.3 Å². The number of rotatable bonds is 5. The van der Waals surface area contributed by atoms with Gasteiger partial charge in [0, 0.05) is 16.4 Å². The molecule has 0 spiro atoms. The zero-order valence-corrected chi connectivity index (χ0v) is 18.4. The fourth-order valence-electron chi connectivity index (χ4n) is 3.14. The second-order valence-corrected chi connectivity index (χ2v) is 11.5. The number of thioether (sulfide) groups is 1. The molecule has 0 bridgehead atoms. The molecule has 1 aromatic heterocycles. The molecular formula is C20H27N3O3S2. The van der Waals surface area contributed by atoms with Gasteiger partial charge in [0.15, 0.2) is 9.84 Å². The molecule has 2 aromatic rings. The number of amides is 1. The number of hydrogen-bond donors (Lipinski definition) is 1. The largest absolute Gasteiger partial charge is 0.310 e. The molecule has 1 aliphatic rings. The number of carbonyl (C=O) groups is 1. The summed E-state index contributed by atoms with van der Waals surface area (Å²) < 4.78 is 25.5. The Hall–Kier alpha value is -1.80. The van der Waals surface area contributed by atoms with Crippen LogP contribution in [0.2, 0.25) is 0 Å². The van der Waals surface area contributed by atoms with E-state index in [-0.39, 0.29) is 34.6 Å². The lowest BCUT2D eigenvalue weighted by atomic mass is 9.92. The number of carbonyl (C=O) groups excluding carboxylic acids is 1. The molecule has 3 rings (SSSR count). The Labute approximate surface area is 171 Å². The van der Waals surface area contributed by atoms with Gasteiger partial charge in [0.25, 0.3) is 0 Å². The average molecular weight is 422 g/mol. The summed E-state index contributed by atoms with van der Waals surface area (Å²) in [6.07, 6.45) is 0.522. The van der Waals surface area contributed by atoms with Crippen LogP contribution < -0.4 is 5.32 Å². The quantitative estimate of drug-likeness (QED) is 0.747. The van der Waals surface area contributed by atoms with E-state index in [1.54, 1.807) is 4.68 Å². The number of sulfone groups is 1. The van der Waals surface area contributed by atoms with E-state index in [1.807, 2.05) is 58.0 Å². The summed E-state index contributed by atoms with van der Waals surface area (Å²) in [5.74, 6) is 0.958. The summed E-state index contributed by atoms with van der Waals surface area (Å²) in [7, 11) is -3.04. The minimum absolute atomic E-state index is 0.0685. The molecule has 1 atom stereocenters. The predicted octanol–water partition coefficient (Wildman–Crippen LogP) is 3.58. The lowest BCUT2D eigenvalue weighted by molar-refractivity contribution is -0.113. The van der Waals surface area contributed by atoms with E-state index >= 15 is 0 Å². The summed E-state index contributed by atoms with van der Waals surface area (Å²) in [4.78, 5) is 13.6. The Kier molecular flexibility index (Phi) is 5.91. The highest BCUT2D eigenvalue weighted by atomic mass is 32.2. The smallest absolute Gasteiger partial charge is 0.235 e. The first-order valence-corrected chi connectivity index (χ1v) is 12.1. The second kappa shape index (κ2) is 7.91. The van der Waals surface area contributed by atoms with Crippen molar-refractivity contribution in [3.05, 3.63) is 41.6 Å². The maximum absolute atomic E-state index is 12.6. The molecule has 1 aromatic carbocycles. The summed E-state index contributed by atoms with van der Waals surface area (Å²) in [5.41, 5.74) is 1.77. The van der Waals surface area contributed by atoms with Crippen LogP contribution in [0.15, 0.2) is 35.2 Å². The van der Waals surface area contributed by atoms with Gasteiger partial charge in [-0.05, 0) is 25.0 Å². The van der Waals surface area contributed by atoms with Crippen molar-refractivity contribution in [1.82, 2.24) is 9.78 Å². The van der Waals surface area contributed by atoms with Gasteiger partial charge < -0.3 is 5.32 Å². The van der Waals surface area contributed by atoms with Crippen molar-refractivity contribution in [3.63, 3.8) is 0 Å². The number of nitrogens with one attached hydrogen (secondary N) is 1. The van der Waals surface area contributed by atoms with Crippen molar-refractivity contribution in [2.24, 2.45) is 0 Å². The average Bonchev–Trinajstić information content (AvgIpc) is 3.17. The van der Waals surface area contributed by atoms with E-state index in [0.717, 1.165) is 16.2 Å². The van der Waals surface area contributed by atoms with E-state index in [4.69, 9.17) is 0 Å². The van der Waals surface area contributed by atoms with Crippen LogP contribution in [0.25, 0.3) is 0 Å². The van der Waals surface area contributed by atoms with Gasteiger partial charge >= 0.3 is 0 Å². The van der Waals surface area contributed by atoms with Gasteiger partial charge in [-0.1, -0.05) is 39.0 Å². The van der Waals surface area contributed by atoms with E-state index in [9.17, 15) is 13.2 Å². The maximum atomic E-state index is 12.6. The number of aromatic nitrogens is 2. The monoisotopic (exact) mass is 421 g/mol. The Morgan fingerprint density at radius 1 is 1.32 bits per heavy atom. The van der Waals surface area contributed by atoms with E-state index in [0.29, 0.717) is 12.2 Å².